The van der Waals surface area contributed by atoms with E-state index >= 15 is 0 Å². The molecule has 0 aromatic rings. The first-order valence-electron chi connectivity index (χ1n) is 0.236. The first kappa shape index (κ1) is 21.4. The Morgan fingerprint density at radius 1 is 1.25 bits per heavy atom. The summed E-state index contributed by atoms with van der Waals surface area (Å²) in [4.78, 5) is 0. The molecule has 0 saturated carbocycles. The quantitative estimate of drug-likeness (QED) is 0.332. The summed E-state index contributed by atoms with van der Waals surface area (Å²) >= 11 is 1.17. The van der Waals surface area contributed by atoms with E-state index in [-0.39, 0.29) is 22.1 Å². The Kier molecular flexibility index (Phi) is 251. The van der Waals surface area contributed by atoms with Crippen molar-refractivity contribution in [3.05, 3.63) is 0 Å². The van der Waals surface area contributed by atoms with Crippen LogP contribution in [0.2, 0.25) is 0 Å². The van der Waals surface area contributed by atoms with Crippen LogP contribution in [0.25, 0.3) is 0 Å². The first-order valence-corrected chi connectivity index (χ1v) is 0.707. The minimum absolute atomic E-state index is 0. The van der Waals surface area contributed by atoms with Crippen LogP contribution in [0.5, 0.6) is 0 Å². The molecule has 4 heteroatoms. The van der Waals surface area contributed by atoms with Crippen molar-refractivity contribution in [2.75, 3.05) is 0 Å². The summed E-state index contributed by atoms with van der Waals surface area (Å²) in [6, 6.07) is 0. The molecule has 0 rings (SSSR count). The number of hydrogen-bond donors (Lipinski definition) is 0. The van der Waals surface area contributed by atoms with Gasteiger partial charge in [0.2, 0.25) is 0 Å². The van der Waals surface area contributed by atoms with Crippen LogP contribution in [0, 0.1) is 0 Å². The predicted octanol–water partition coefficient (Wildman–Crippen LogP) is -1.53. The Morgan fingerprint density at radius 3 is 1.25 bits per heavy atom. The Hall–Kier alpha value is 0.795. The Bertz CT molecular complexity index is 6.00. The van der Waals surface area contributed by atoms with Gasteiger partial charge in [0.1, 0.15) is 0 Å². The monoisotopic (exact) mass is 93.0 g/mol. The number of rotatable bonds is 0. The molecule has 0 N–H and O–H groups in total. The molecule has 0 saturated heterocycles. The molecule has 1 nitrogen and oxygen atoms in total. The SMILES string of the molecule is F.[AlH3].[O]=[Al]. The topological polar surface area (TPSA) is 17.1 Å². The fourth-order valence-corrected chi connectivity index (χ4v) is 0. The summed E-state index contributed by atoms with van der Waals surface area (Å²) in [5.41, 5.74) is 0. The van der Waals surface area contributed by atoms with E-state index in [0.717, 1.165) is 0 Å². The van der Waals surface area contributed by atoms with Crippen molar-refractivity contribution in [3.63, 3.8) is 0 Å². The van der Waals surface area contributed by atoms with Crippen LogP contribution in [-0.2, 0) is 3.80 Å². The van der Waals surface area contributed by atoms with Crippen LogP contribution < -0.4 is 0 Å². The van der Waals surface area contributed by atoms with E-state index in [1.165, 1.54) is 16.2 Å². The molecule has 0 fully saturated rings. The summed E-state index contributed by atoms with van der Waals surface area (Å²) < 4.78 is 8.17. The molecule has 0 aliphatic heterocycles. The van der Waals surface area contributed by atoms with Gasteiger partial charge in [0.15, 0.2) is 17.4 Å². The summed E-state index contributed by atoms with van der Waals surface area (Å²) in [5.74, 6) is 0. The Balaban J connectivity index is -0.00000000500. The van der Waals surface area contributed by atoms with E-state index < -0.39 is 0 Å². The minimum atomic E-state index is 0. The number of halogens is 1. The van der Waals surface area contributed by atoms with Crippen LogP contribution in [-0.4, -0.2) is 33.6 Å². The first-order chi connectivity index (χ1) is 1.00. The molecule has 0 amide bonds. The van der Waals surface area contributed by atoms with Gasteiger partial charge in [-0.2, -0.15) is 0 Å². The normalized spacial score (nSPS) is 0.750. The van der Waals surface area contributed by atoms with Crippen LogP contribution in [0.4, 0.5) is 4.70 Å². The molecule has 0 unspecified atom stereocenters. The van der Waals surface area contributed by atoms with Gasteiger partial charge in [-0.05, 0) is 0 Å². The van der Waals surface area contributed by atoms with Crippen LogP contribution >= 0.6 is 0 Å². The van der Waals surface area contributed by atoms with Crippen molar-refractivity contribution >= 4 is 33.6 Å². The maximum atomic E-state index is 8.17. The van der Waals surface area contributed by atoms with Crippen molar-refractivity contribution < 1.29 is 8.51 Å². The summed E-state index contributed by atoms with van der Waals surface area (Å²) in [6.45, 7) is 0. The van der Waals surface area contributed by atoms with Gasteiger partial charge in [-0.15, -0.1) is 0 Å². The summed E-state index contributed by atoms with van der Waals surface area (Å²) in [7, 11) is 0. The molecule has 23 valence electrons. The van der Waals surface area contributed by atoms with E-state index in [2.05, 4.69) is 0 Å². The summed E-state index contributed by atoms with van der Waals surface area (Å²) in [6.07, 6.45) is 0. The van der Waals surface area contributed by atoms with Crippen LogP contribution in [0.1, 0.15) is 0 Å². The third-order valence-corrected chi connectivity index (χ3v) is 0. The van der Waals surface area contributed by atoms with Gasteiger partial charge in [-0.3, -0.25) is 4.70 Å². The molecule has 0 spiro atoms. The van der Waals surface area contributed by atoms with Crippen molar-refractivity contribution in [1.29, 1.82) is 0 Å². The van der Waals surface area contributed by atoms with Crippen LogP contribution in [0.3, 0.4) is 0 Å². The predicted molar refractivity (Wildman–Crippen MR) is 18.9 cm³/mol. The standard InChI is InChI=1S/2Al.FH.O.3H/h;;1H;;;;. The van der Waals surface area contributed by atoms with Gasteiger partial charge >= 0.3 is 20.0 Å². The van der Waals surface area contributed by atoms with E-state index in [0.29, 0.717) is 0 Å². The molecule has 0 bridgehead atoms. The second kappa shape index (κ2) is 46.9. The number of hydrogen-bond acceptors (Lipinski definition) is 1. The molecular formula is H4Al2FO. The molecule has 0 aliphatic rings. The maximum absolute atomic E-state index is 8.17. The van der Waals surface area contributed by atoms with Crippen molar-refractivity contribution in [1.82, 2.24) is 0 Å². The molecule has 1 radical (unpaired) electrons. The van der Waals surface area contributed by atoms with E-state index in [1.54, 1.807) is 0 Å². The molecule has 0 heterocycles. The van der Waals surface area contributed by atoms with Crippen molar-refractivity contribution in [2.45, 2.75) is 0 Å². The van der Waals surface area contributed by atoms with Gasteiger partial charge in [0.25, 0.3) is 0 Å². The Morgan fingerprint density at radius 2 is 1.25 bits per heavy atom. The van der Waals surface area contributed by atoms with E-state index in [9.17, 15) is 0 Å². The van der Waals surface area contributed by atoms with Gasteiger partial charge in [0.05, 0.1) is 0 Å². The molecule has 0 aromatic carbocycles. The fourth-order valence-electron chi connectivity index (χ4n) is 0. The van der Waals surface area contributed by atoms with Crippen molar-refractivity contribution in [2.24, 2.45) is 0 Å². The van der Waals surface area contributed by atoms with Gasteiger partial charge in [-0.1, -0.05) is 0 Å². The van der Waals surface area contributed by atoms with E-state index in [1.807, 2.05) is 0 Å². The van der Waals surface area contributed by atoms with Crippen LogP contribution in [0.15, 0.2) is 0 Å². The van der Waals surface area contributed by atoms with E-state index in [4.69, 9.17) is 3.80 Å². The van der Waals surface area contributed by atoms with Gasteiger partial charge < -0.3 is 0 Å². The Labute approximate surface area is 42.5 Å². The fraction of sp³-hybridized carbons (Fsp3) is 0. The average Bonchev–Trinajstić information content (AvgIpc) is 1.00. The molecular weight excluding hydrogens is 89.0 g/mol. The van der Waals surface area contributed by atoms with Gasteiger partial charge in [-0.25, -0.2) is 0 Å². The molecule has 0 aliphatic carbocycles. The third kappa shape index (κ3) is 14.2. The zero-order valence-electron chi connectivity index (χ0n) is 1.39. The third-order valence-electron chi connectivity index (χ3n) is 0. The molecule has 0 aromatic heterocycles. The average molecular weight is 93.0 g/mol. The molecule has 4 heavy (non-hydrogen) atoms. The zero-order valence-corrected chi connectivity index (χ0v) is 2.55. The second-order valence-corrected chi connectivity index (χ2v) is 0. The molecule has 0 atom stereocenters. The second-order valence-electron chi connectivity index (χ2n) is 0. The zero-order chi connectivity index (χ0) is 2.00. The summed E-state index contributed by atoms with van der Waals surface area (Å²) in [5, 5.41) is 0. The van der Waals surface area contributed by atoms with Crippen molar-refractivity contribution in [3.8, 4) is 0 Å². The van der Waals surface area contributed by atoms with Gasteiger partial charge in [0, 0.05) is 0 Å².